The highest BCUT2D eigenvalue weighted by atomic mass is 16.5. The molecular weight excluding hydrogens is 422 g/mol. The van der Waals surface area contributed by atoms with Gasteiger partial charge in [0.05, 0.1) is 37.1 Å². The zero-order chi connectivity index (χ0) is 23.4. The fourth-order valence-corrected chi connectivity index (χ4v) is 3.46. The van der Waals surface area contributed by atoms with Crippen molar-refractivity contribution < 1.29 is 23.9 Å². The first-order chi connectivity index (χ1) is 16.0. The number of nitrogens with one attached hydrogen (secondary N) is 1. The fourth-order valence-electron chi connectivity index (χ4n) is 3.46. The van der Waals surface area contributed by atoms with E-state index in [-0.39, 0.29) is 5.91 Å². The summed E-state index contributed by atoms with van der Waals surface area (Å²) < 4.78 is 9.46. The van der Waals surface area contributed by atoms with E-state index in [1.807, 2.05) is 12.1 Å². The summed E-state index contributed by atoms with van der Waals surface area (Å²) in [5.41, 5.74) is 3.46. The maximum Gasteiger partial charge on any atom is 0.337 e. The summed E-state index contributed by atoms with van der Waals surface area (Å²) in [4.78, 5) is 36.7. The molecule has 166 valence electrons. The predicted molar refractivity (Wildman–Crippen MR) is 122 cm³/mol. The highest BCUT2D eigenvalue weighted by Crippen LogP contribution is 2.33. The van der Waals surface area contributed by atoms with Gasteiger partial charge < -0.3 is 14.8 Å². The molecule has 8 nitrogen and oxygen atoms in total. The van der Waals surface area contributed by atoms with Crippen LogP contribution in [0.15, 0.2) is 77.9 Å². The standard InChI is InChI=1S/C25H21N3O5/c1-32-24(30)18-9-7-16(8-10-18)15-26-28-22(17-11-13-19(14-12-17)25(31)33-2)27-21-6-4-3-5-20(21)23(28)29/h3-15,22,27H,1-2H3/b26-15-/t22-/m1/s1. The third kappa shape index (κ3) is 4.45. The van der Waals surface area contributed by atoms with Gasteiger partial charge in [0.15, 0.2) is 6.17 Å². The SMILES string of the molecule is COC(=O)c1ccc(/C=N\N2C(=O)c3ccccc3N[C@H]2c2ccc(C(=O)OC)cc2)cc1. The number of hydrogen-bond acceptors (Lipinski definition) is 7. The topological polar surface area (TPSA) is 97.3 Å². The van der Waals surface area contributed by atoms with E-state index in [1.54, 1.807) is 66.9 Å². The normalized spacial score (nSPS) is 15.0. The van der Waals surface area contributed by atoms with Gasteiger partial charge in [-0.05, 0) is 47.5 Å². The molecule has 33 heavy (non-hydrogen) atoms. The van der Waals surface area contributed by atoms with Gasteiger partial charge >= 0.3 is 11.9 Å². The first kappa shape index (κ1) is 21.8. The van der Waals surface area contributed by atoms with Gasteiger partial charge in [0, 0.05) is 5.69 Å². The van der Waals surface area contributed by atoms with Crippen LogP contribution in [0.25, 0.3) is 0 Å². The number of anilines is 1. The molecule has 0 radical (unpaired) electrons. The second kappa shape index (κ2) is 9.35. The second-order valence-electron chi connectivity index (χ2n) is 7.21. The zero-order valence-electron chi connectivity index (χ0n) is 18.0. The quantitative estimate of drug-likeness (QED) is 0.475. The van der Waals surface area contributed by atoms with Crippen molar-refractivity contribution in [2.24, 2.45) is 5.10 Å². The Hall–Kier alpha value is -4.46. The summed E-state index contributed by atoms with van der Waals surface area (Å²) in [5, 5.41) is 9.14. The third-order valence-electron chi connectivity index (χ3n) is 5.21. The highest BCUT2D eigenvalue weighted by Gasteiger charge is 2.33. The van der Waals surface area contributed by atoms with Crippen LogP contribution in [-0.4, -0.2) is 43.3 Å². The molecule has 3 aromatic rings. The molecule has 1 amide bonds. The number of nitrogens with zero attached hydrogens (tertiary/aromatic N) is 2. The van der Waals surface area contributed by atoms with Crippen molar-refractivity contribution in [3.8, 4) is 0 Å². The Balaban J connectivity index is 1.66. The summed E-state index contributed by atoms with van der Waals surface area (Å²) in [6.45, 7) is 0. The average molecular weight is 443 g/mol. The number of hydrazone groups is 1. The summed E-state index contributed by atoms with van der Waals surface area (Å²) in [7, 11) is 2.64. The van der Waals surface area contributed by atoms with Crippen LogP contribution in [-0.2, 0) is 9.47 Å². The van der Waals surface area contributed by atoms with Crippen molar-refractivity contribution in [1.82, 2.24) is 5.01 Å². The van der Waals surface area contributed by atoms with Crippen LogP contribution in [0.5, 0.6) is 0 Å². The molecule has 0 saturated carbocycles. The summed E-state index contributed by atoms with van der Waals surface area (Å²) in [5.74, 6) is -1.14. The molecule has 1 heterocycles. The van der Waals surface area contributed by atoms with Crippen LogP contribution in [0.3, 0.4) is 0 Å². The van der Waals surface area contributed by atoms with Gasteiger partial charge in [-0.3, -0.25) is 4.79 Å². The van der Waals surface area contributed by atoms with Crippen molar-refractivity contribution in [3.05, 3.63) is 101 Å². The lowest BCUT2D eigenvalue weighted by Crippen LogP contribution is -2.39. The van der Waals surface area contributed by atoms with E-state index in [9.17, 15) is 14.4 Å². The molecule has 1 atom stereocenters. The van der Waals surface area contributed by atoms with Crippen LogP contribution in [0.4, 0.5) is 5.69 Å². The first-order valence-electron chi connectivity index (χ1n) is 10.1. The lowest BCUT2D eigenvalue weighted by atomic mass is 10.0. The molecule has 0 bridgehead atoms. The fraction of sp³-hybridized carbons (Fsp3) is 0.120. The van der Waals surface area contributed by atoms with Crippen molar-refractivity contribution in [2.45, 2.75) is 6.17 Å². The predicted octanol–water partition coefficient (Wildman–Crippen LogP) is 3.86. The van der Waals surface area contributed by atoms with E-state index in [2.05, 4.69) is 10.4 Å². The number of benzene rings is 3. The maximum atomic E-state index is 13.3. The van der Waals surface area contributed by atoms with Crippen LogP contribution in [0.1, 0.15) is 48.4 Å². The van der Waals surface area contributed by atoms with E-state index in [1.165, 1.54) is 19.2 Å². The molecule has 1 N–H and O–H groups in total. The van der Waals surface area contributed by atoms with E-state index < -0.39 is 18.1 Å². The number of carbonyl (C=O) groups is 3. The van der Waals surface area contributed by atoms with Crippen LogP contribution in [0.2, 0.25) is 0 Å². The lowest BCUT2D eigenvalue weighted by Gasteiger charge is -2.34. The molecule has 0 aliphatic carbocycles. The second-order valence-corrected chi connectivity index (χ2v) is 7.21. The molecule has 1 aliphatic heterocycles. The van der Waals surface area contributed by atoms with Crippen molar-refractivity contribution in [3.63, 3.8) is 0 Å². The van der Waals surface area contributed by atoms with Gasteiger partial charge in [-0.15, -0.1) is 0 Å². The Morgan fingerprint density at radius 1 is 0.879 bits per heavy atom. The molecule has 8 heteroatoms. The summed E-state index contributed by atoms with van der Waals surface area (Å²) in [6.07, 6.45) is 0.953. The molecule has 1 aliphatic rings. The van der Waals surface area contributed by atoms with E-state index in [0.29, 0.717) is 27.9 Å². The monoisotopic (exact) mass is 443 g/mol. The number of methoxy groups -OCH3 is 2. The van der Waals surface area contributed by atoms with Crippen LogP contribution < -0.4 is 5.32 Å². The molecule has 0 aromatic heterocycles. The lowest BCUT2D eigenvalue weighted by molar-refractivity contribution is 0.0591. The number of esters is 2. The first-order valence-corrected chi connectivity index (χ1v) is 10.1. The van der Waals surface area contributed by atoms with Gasteiger partial charge in [-0.25, -0.2) is 14.6 Å². The highest BCUT2D eigenvalue weighted by molar-refractivity contribution is 6.02. The maximum absolute atomic E-state index is 13.3. The summed E-state index contributed by atoms with van der Waals surface area (Å²) in [6, 6.07) is 20.7. The summed E-state index contributed by atoms with van der Waals surface area (Å²) >= 11 is 0. The molecular formula is C25H21N3O5. The van der Waals surface area contributed by atoms with Crippen LogP contribution >= 0.6 is 0 Å². The molecule has 0 saturated heterocycles. The molecule has 0 spiro atoms. The van der Waals surface area contributed by atoms with Gasteiger partial charge in [0.1, 0.15) is 0 Å². The Morgan fingerprint density at radius 3 is 2.06 bits per heavy atom. The Bertz CT molecular complexity index is 1220. The van der Waals surface area contributed by atoms with Crippen molar-refractivity contribution in [1.29, 1.82) is 0 Å². The van der Waals surface area contributed by atoms with Gasteiger partial charge in [0.2, 0.25) is 0 Å². The van der Waals surface area contributed by atoms with Crippen molar-refractivity contribution >= 4 is 29.7 Å². The minimum absolute atomic E-state index is 0.270. The minimum atomic E-state index is -0.593. The van der Waals surface area contributed by atoms with E-state index >= 15 is 0 Å². The molecule has 0 fully saturated rings. The smallest absolute Gasteiger partial charge is 0.337 e. The zero-order valence-corrected chi connectivity index (χ0v) is 18.0. The number of fused-ring (bicyclic) bond motifs is 1. The van der Waals surface area contributed by atoms with E-state index in [4.69, 9.17) is 9.47 Å². The average Bonchev–Trinajstić information content (AvgIpc) is 2.87. The molecule has 3 aromatic carbocycles. The van der Waals surface area contributed by atoms with Crippen molar-refractivity contribution in [2.75, 3.05) is 19.5 Å². The Kier molecular flexibility index (Phi) is 6.17. The largest absolute Gasteiger partial charge is 0.465 e. The van der Waals surface area contributed by atoms with Gasteiger partial charge in [-0.2, -0.15) is 5.10 Å². The van der Waals surface area contributed by atoms with Gasteiger partial charge in [0.25, 0.3) is 5.91 Å². The number of hydrogen-bond donors (Lipinski definition) is 1. The Morgan fingerprint density at radius 2 is 1.45 bits per heavy atom. The Labute approximate surface area is 190 Å². The van der Waals surface area contributed by atoms with Crippen LogP contribution in [0, 0.1) is 0 Å². The minimum Gasteiger partial charge on any atom is -0.465 e. The molecule has 4 rings (SSSR count). The number of ether oxygens (including phenoxy) is 2. The number of rotatable bonds is 5. The third-order valence-corrected chi connectivity index (χ3v) is 5.21. The number of carbonyl (C=O) groups excluding carboxylic acids is 3. The number of para-hydroxylation sites is 1. The van der Waals surface area contributed by atoms with E-state index in [0.717, 1.165) is 5.56 Å². The number of amides is 1. The molecule has 0 unspecified atom stereocenters. The van der Waals surface area contributed by atoms with Gasteiger partial charge in [-0.1, -0.05) is 36.4 Å².